The van der Waals surface area contributed by atoms with Crippen LogP contribution >= 0.6 is 0 Å². The summed E-state index contributed by atoms with van der Waals surface area (Å²) in [6.45, 7) is 0. The Hall–Kier alpha value is -5.90. The van der Waals surface area contributed by atoms with E-state index in [4.69, 9.17) is 0 Å². The summed E-state index contributed by atoms with van der Waals surface area (Å²) in [5.41, 5.74) is 0.348. The van der Waals surface area contributed by atoms with Gasteiger partial charge in [0.2, 0.25) is 0 Å². The van der Waals surface area contributed by atoms with Gasteiger partial charge in [0.05, 0.1) is 10.8 Å². The van der Waals surface area contributed by atoms with Gasteiger partial charge < -0.3 is 30.6 Å². The summed E-state index contributed by atoms with van der Waals surface area (Å²) in [4.78, 5) is 24.8. The first-order valence-electron chi connectivity index (χ1n) is 11.9. The largest absolute Gasteiger partial charge is 0.508 e. The Kier molecular flexibility index (Phi) is 6.50. The number of aromatic hydroxyl groups is 6. The second-order valence-corrected chi connectivity index (χ2v) is 8.87. The average molecular weight is 539 g/mol. The maximum Gasteiger partial charge on any atom is 0.266 e. The summed E-state index contributed by atoms with van der Waals surface area (Å²) in [6.07, 6.45) is 3.10. The lowest BCUT2D eigenvalue weighted by atomic mass is 10.1. The van der Waals surface area contributed by atoms with Crippen molar-refractivity contribution in [3.8, 4) is 45.9 Å². The molecule has 0 bridgehead atoms. The van der Waals surface area contributed by atoms with E-state index < -0.39 is 11.1 Å². The molecule has 0 spiro atoms. The van der Waals surface area contributed by atoms with Gasteiger partial charge in [0.15, 0.2) is 0 Å². The fraction of sp³-hybridized carbons (Fsp3) is 0. The molecular formula is C30H22N2O8. The lowest BCUT2D eigenvalue weighted by molar-refractivity contribution is 0.453. The molecule has 2 heterocycles. The molecule has 6 aromatic rings. The van der Waals surface area contributed by atoms with Crippen LogP contribution in [-0.4, -0.2) is 39.8 Å². The van der Waals surface area contributed by atoms with E-state index in [9.17, 15) is 40.2 Å². The Morgan fingerprint density at radius 3 is 1.12 bits per heavy atom. The average Bonchev–Trinajstić information content (AvgIpc) is 2.90. The molecule has 6 N–H and O–H groups in total. The van der Waals surface area contributed by atoms with Crippen LogP contribution in [0.5, 0.6) is 34.5 Å². The molecule has 0 aliphatic rings. The molecule has 0 aliphatic carbocycles. The van der Waals surface area contributed by atoms with Crippen LogP contribution in [0.1, 0.15) is 0 Å². The van der Waals surface area contributed by atoms with Crippen molar-refractivity contribution < 1.29 is 30.6 Å². The SMILES string of the molecule is O=c1c2c(O)cc(O)cc2ccn1-c1ccc(O)cc1.O=c1c2c(O)cc(O)cc2ccn1-c1ccc(O)cc1. The molecule has 0 aliphatic heterocycles. The second kappa shape index (κ2) is 10.1. The summed E-state index contributed by atoms with van der Waals surface area (Å²) >= 11 is 0. The summed E-state index contributed by atoms with van der Waals surface area (Å²) in [5, 5.41) is 58.2. The zero-order chi connectivity index (χ0) is 28.6. The van der Waals surface area contributed by atoms with Crippen molar-refractivity contribution in [2.24, 2.45) is 0 Å². The first-order chi connectivity index (χ1) is 19.1. The third-order valence-electron chi connectivity index (χ3n) is 6.19. The molecule has 10 heteroatoms. The number of benzene rings is 4. The normalized spacial score (nSPS) is 10.8. The van der Waals surface area contributed by atoms with Crippen LogP contribution in [0, 0.1) is 0 Å². The van der Waals surface area contributed by atoms with Gasteiger partial charge in [-0.05, 0) is 83.6 Å². The van der Waals surface area contributed by atoms with Gasteiger partial charge >= 0.3 is 0 Å². The Morgan fingerprint density at radius 2 is 0.775 bits per heavy atom. The van der Waals surface area contributed by atoms with Gasteiger partial charge in [-0.25, -0.2) is 0 Å². The number of phenolic OH excluding ortho intramolecular Hbond substituents is 6. The number of fused-ring (bicyclic) bond motifs is 2. The molecule has 4 aromatic carbocycles. The molecule has 0 amide bonds. The molecule has 0 fully saturated rings. The molecular weight excluding hydrogens is 516 g/mol. The zero-order valence-electron chi connectivity index (χ0n) is 20.6. The highest BCUT2D eigenvalue weighted by Crippen LogP contribution is 2.28. The van der Waals surface area contributed by atoms with Crippen molar-refractivity contribution in [1.29, 1.82) is 0 Å². The fourth-order valence-corrected chi connectivity index (χ4v) is 4.31. The van der Waals surface area contributed by atoms with E-state index in [1.54, 1.807) is 48.8 Å². The van der Waals surface area contributed by atoms with E-state index in [-0.39, 0.29) is 45.3 Å². The van der Waals surface area contributed by atoms with Gasteiger partial charge in [-0.3, -0.25) is 18.7 Å². The van der Waals surface area contributed by atoms with Gasteiger partial charge in [-0.15, -0.1) is 0 Å². The lowest BCUT2D eigenvalue weighted by Crippen LogP contribution is -2.17. The summed E-state index contributed by atoms with van der Waals surface area (Å²) < 4.78 is 2.72. The number of phenols is 6. The molecule has 0 unspecified atom stereocenters. The molecule has 200 valence electrons. The number of pyridine rings is 2. The van der Waals surface area contributed by atoms with Crippen molar-refractivity contribution in [3.05, 3.63) is 118 Å². The number of nitrogens with zero attached hydrogens (tertiary/aromatic N) is 2. The minimum Gasteiger partial charge on any atom is -0.508 e. The van der Waals surface area contributed by atoms with Crippen LogP contribution in [0.15, 0.2) is 107 Å². The van der Waals surface area contributed by atoms with E-state index in [2.05, 4.69) is 0 Å². The molecule has 10 nitrogen and oxygen atoms in total. The highest BCUT2D eigenvalue weighted by atomic mass is 16.3. The van der Waals surface area contributed by atoms with E-state index in [0.29, 0.717) is 22.1 Å². The minimum absolute atomic E-state index is 0.100. The minimum atomic E-state index is -0.398. The maximum absolute atomic E-state index is 12.4. The van der Waals surface area contributed by atoms with Gasteiger partial charge in [-0.2, -0.15) is 0 Å². The number of rotatable bonds is 2. The van der Waals surface area contributed by atoms with Gasteiger partial charge in [0.25, 0.3) is 11.1 Å². The fourth-order valence-electron chi connectivity index (χ4n) is 4.31. The predicted octanol–water partition coefficient (Wildman–Crippen LogP) is 4.22. The number of aromatic nitrogens is 2. The Balaban J connectivity index is 0.000000161. The molecule has 40 heavy (non-hydrogen) atoms. The topological polar surface area (TPSA) is 165 Å². The first-order valence-corrected chi connectivity index (χ1v) is 11.9. The third kappa shape index (κ3) is 4.84. The van der Waals surface area contributed by atoms with Gasteiger partial charge in [0.1, 0.15) is 34.5 Å². The Labute approximate surface area is 225 Å². The molecule has 0 radical (unpaired) electrons. The van der Waals surface area contributed by atoms with Crippen LogP contribution in [0.3, 0.4) is 0 Å². The van der Waals surface area contributed by atoms with Crippen LogP contribution in [0.2, 0.25) is 0 Å². The van der Waals surface area contributed by atoms with Crippen molar-refractivity contribution in [1.82, 2.24) is 9.13 Å². The van der Waals surface area contributed by atoms with E-state index >= 15 is 0 Å². The highest BCUT2D eigenvalue weighted by Gasteiger charge is 2.11. The highest BCUT2D eigenvalue weighted by molar-refractivity contribution is 5.89. The third-order valence-corrected chi connectivity index (χ3v) is 6.19. The molecule has 2 aromatic heterocycles. The van der Waals surface area contributed by atoms with Crippen molar-refractivity contribution in [3.63, 3.8) is 0 Å². The van der Waals surface area contributed by atoms with E-state index in [0.717, 1.165) is 12.1 Å². The molecule has 0 saturated carbocycles. The maximum atomic E-state index is 12.4. The smallest absolute Gasteiger partial charge is 0.266 e. The quantitative estimate of drug-likeness (QED) is 0.191. The van der Waals surface area contributed by atoms with Crippen LogP contribution in [0.25, 0.3) is 32.9 Å². The predicted molar refractivity (Wildman–Crippen MR) is 149 cm³/mol. The Morgan fingerprint density at radius 1 is 0.425 bits per heavy atom. The van der Waals surface area contributed by atoms with Crippen LogP contribution < -0.4 is 11.1 Å². The van der Waals surface area contributed by atoms with Crippen LogP contribution in [0.4, 0.5) is 0 Å². The van der Waals surface area contributed by atoms with Crippen molar-refractivity contribution in [2.75, 3.05) is 0 Å². The lowest BCUT2D eigenvalue weighted by Gasteiger charge is -2.08. The second-order valence-electron chi connectivity index (χ2n) is 8.87. The summed E-state index contributed by atoms with van der Waals surface area (Å²) in [6, 6.07) is 20.6. The van der Waals surface area contributed by atoms with Crippen molar-refractivity contribution in [2.45, 2.75) is 0 Å². The summed E-state index contributed by atoms with van der Waals surface area (Å²) in [7, 11) is 0. The van der Waals surface area contributed by atoms with Crippen LogP contribution in [-0.2, 0) is 0 Å². The van der Waals surface area contributed by atoms with Gasteiger partial charge in [0, 0.05) is 35.9 Å². The monoisotopic (exact) mass is 538 g/mol. The standard InChI is InChI=1S/2C15H11NO4/c2*17-11-3-1-10(2-4-11)16-6-5-9-7-12(18)8-13(19)14(9)15(16)20/h2*1-8,17-19H. The van der Waals surface area contributed by atoms with Gasteiger partial charge in [-0.1, -0.05) is 0 Å². The molecule has 6 rings (SSSR count). The first kappa shape index (κ1) is 25.7. The summed E-state index contributed by atoms with van der Waals surface area (Å²) in [5.74, 6) is -0.518. The Bertz CT molecular complexity index is 1850. The van der Waals surface area contributed by atoms with Crippen molar-refractivity contribution >= 4 is 21.5 Å². The molecule has 0 atom stereocenters. The zero-order valence-corrected chi connectivity index (χ0v) is 20.6. The number of hydrogen-bond donors (Lipinski definition) is 6. The number of hydrogen-bond acceptors (Lipinski definition) is 8. The molecule has 0 saturated heterocycles. The van der Waals surface area contributed by atoms with E-state index in [1.165, 1.54) is 45.5 Å². The van der Waals surface area contributed by atoms with E-state index in [1.807, 2.05) is 0 Å².